The molecular formula is C10H16. The van der Waals surface area contributed by atoms with Crippen LogP contribution < -0.4 is 0 Å². The molecular weight excluding hydrogens is 120 g/mol. The Balaban J connectivity index is 2.78. The second-order valence-electron chi connectivity index (χ2n) is 4.09. The second-order valence-corrected chi connectivity index (χ2v) is 4.09. The molecule has 0 nitrogen and oxygen atoms in total. The Morgan fingerprint density at radius 1 is 1.30 bits per heavy atom. The normalized spacial score (nSPS) is 25.2. The van der Waals surface area contributed by atoms with Crippen LogP contribution in [0.2, 0.25) is 0 Å². The van der Waals surface area contributed by atoms with Crippen molar-refractivity contribution in [2.75, 3.05) is 0 Å². The van der Waals surface area contributed by atoms with Crippen molar-refractivity contribution in [3.05, 3.63) is 23.8 Å². The molecule has 1 unspecified atom stereocenters. The van der Waals surface area contributed by atoms with Gasteiger partial charge in [0, 0.05) is 0 Å². The van der Waals surface area contributed by atoms with Gasteiger partial charge >= 0.3 is 0 Å². The van der Waals surface area contributed by atoms with Crippen molar-refractivity contribution in [1.82, 2.24) is 0 Å². The van der Waals surface area contributed by atoms with E-state index in [1.165, 1.54) is 5.57 Å². The summed E-state index contributed by atoms with van der Waals surface area (Å²) < 4.78 is 0. The van der Waals surface area contributed by atoms with Gasteiger partial charge in [-0.15, -0.1) is 0 Å². The number of allylic oxidation sites excluding steroid dienone is 4. The smallest absolute Gasteiger partial charge is 0.00726 e. The highest BCUT2D eigenvalue weighted by Crippen LogP contribution is 2.31. The molecule has 0 saturated heterocycles. The van der Waals surface area contributed by atoms with E-state index in [0.717, 1.165) is 0 Å². The van der Waals surface area contributed by atoms with Gasteiger partial charge in [0.2, 0.25) is 0 Å². The van der Waals surface area contributed by atoms with E-state index < -0.39 is 0 Å². The summed E-state index contributed by atoms with van der Waals surface area (Å²) in [6.45, 7) is 8.97. The fourth-order valence-corrected chi connectivity index (χ4v) is 1.15. The van der Waals surface area contributed by atoms with Crippen molar-refractivity contribution < 1.29 is 0 Å². The molecule has 0 aromatic rings. The van der Waals surface area contributed by atoms with Gasteiger partial charge in [0.1, 0.15) is 0 Å². The van der Waals surface area contributed by atoms with Gasteiger partial charge in [-0.2, -0.15) is 0 Å². The highest BCUT2D eigenvalue weighted by Gasteiger charge is 2.17. The van der Waals surface area contributed by atoms with E-state index in [9.17, 15) is 0 Å². The molecule has 0 amide bonds. The van der Waals surface area contributed by atoms with Crippen LogP contribution >= 0.6 is 0 Å². The van der Waals surface area contributed by atoms with E-state index >= 15 is 0 Å². The first kappa shape index (κ1) is 7.59. The molecule has 0 aromatic carbocycles. The average molecular weight is 136 g/mol. The third-order valence-corrected chi connectivity index (χ3v) is 1.89. The van der Waals surface area contributed by atoms with Gasteiger partial charge < -0.3 is 0 Å². The third-order valence-electron chi connectivity index (χ3n) is 1.89. The lowest BCUT2D eigenvalue weighted by molar-refractivity contribution is 0.516. The summed E-state index contributed by atoms with van der Waals surface area (Å²) in [5.74, 6) is 0.647. The molecule has 0 aliphatic heterocycles. The van der Waals surface area contributed by atoms with E-state index in [4.69, 9.17) is 0 Å². The van der Waals surface area contributed by atoms with Gasteiger partial charge in [-0.05, 0) is 16.9 Å². The fourth-order valence-electron chi connectivity index (χ4n) is 1.15. The minimum absolute atomic E-state index is 0.335. The van der Waals surface area contributed by atoms with Crippen LogP contribution in [0.15, 0.2) is 23.8 Å². The summed E-state index contributed by atoms with van der Waals surface area (Å²) in [5, 5.41) is 0. The van der Waals surface area contributed by atoms with Crippen LogP contribution in [0.3, 0.4) is 0 Å². The number of hydrogen-bond donors (Lipinski definition) is 0. The summed E-state index contributed by atoms with van der Waals surface area (Å²) >= 11 is 0. The fraction of sp³-hybridized carbons (Fsp3) is 0.600. The predicted octanol–water partition coefficient (Wildman–Crippen LogP) is 3.16. The highest BCUT2D eigenvalue weighted by molar-refractivity contribution is 5.32. The Bertz CT molecular complexity index is 177. The van der Waals surface area contributed by atoms with Crippen LogP contribution in [0.5, 0.6) is 0 Å². The van der Waals surface area contributed by atoms with Gasteiger partial charge in [0.25, 0.3) is 0 Å². The lowest BCUT2D eigenvalue weighted by Gasteiger charge is -2.18. The van der Waals surface area contributed by atoms with Crippen LogP contribution in [-0.2, 0) is 0 Å². The number of rotatable bonds is 0. The third kappa shape index (κ3) is 1.50. The maximum absolute atomic E-state index is 2.33. The maximum atomic E-state index is 2.33. The average Bonchev–Trinajstić information content (AvgIpc) is 2.11. The Labute approximate surface area is 63.6 Å². The van der Waals surface area contributed by atoms with E-state index in [1.807, 2.05) is 0 Å². The van der Waals surface area contributed by atoms with Crippen LogP contribution in [0, 0.1) is 11.3 Å². The zero-order chi connectivity index (χ0) is 7.78. The zero-order valence-corrected chi connectivity index (χ0v) is 7.31. The van der Waals surface area contributed by atoms with Crippen LogP contribution in [-0.4, -0.2) is 0 Å². The Morgan fingerprint density at radius 2 is 1.90 bits per heavy atom. The predicted molar refractivity (Wildman–Crippen MR) is 45.8 cm³/mol. The zero-order valence-electron chi connectivity index (χ0n) is 7.31. The molecule has 0 fully saturated rings. The van der Waals surface area contributed by atoms with Gasteiger partial charge in [-0.1, -0.05) is 45.9 Å². The molecule has 0 heterocycles. The first-order valence-electron chi connectivity index (χ1n) is 3.90. The summed E-state index contributed by atoms with van der Waals surface area (Å²) in [6.07, 6.45) is 6.82. The summed E-state index contributed by atoms with van der Waals surface area (Å²) in [4.78, 5) is 0. The van der Waals surface area contributed by atoms with E-state index in [-0.39, 0.29) is 0 Å². The maximum Gasteiger partial charge on any atom is -0.00726 e. The molecule has 0 saturated carbocycles. The van der Waals surface area contributed by atoms with E-state index in [2.05, 4.69) is 45.9 Å². The molecule has 1 aliphatic carbocycles. The summed E-state index contributed by atoms with van der Waals surface area (Å²) in [7, 11) is 0. The molecule has 0 heteroatoms. The van der Waals surface area contributed by atoms with Crippen molar-refractivity contribution in [3.8, 4) is 0 Å². The summed E-state index contributed by atoms with van der Waals surface area (Å²) in [5.41, 5.74) is 1.81. The van der Waals surface area contributed by atoms with Crippen molar-refractivity contribution in [2.24, 2.45) is 11.3 Å². The topological polar surface area (TPSA) is 0 Å². The molecule has 56 valence electrons. The standard InChI is InChI=1S/C10H16/c1-8-5-6-9(7-8)10(2,3)4/h5-8H,1-4H3. The van der Waals surface area contributed by atoms with Crippen molar-refractivity contribution in [1.29, 1.82) is 0 Å². The Hall–Kier alpha value is -0.520. The van der Waals surface area contributed by atoms with Crippen LogP contribution in [0.4, 0.5) is 0 Å². The van der Waals surface area contributed by atoms with Crippen molar-refractivity contribution >= 4 is 0 Å². The van der Waals surface area contributed by atoms with Gasteiger partial charge in [-0.3, -0.25) is 0 Å². The molecule has 0 N–H and O–H groups in total. The molecule has 0 radical (unpaired) electrons. The minimum Gasteiger partial charge on any atom is -0.0776 e. The molecule has 0 aromatic heterocycles. The van der Waals surface area contributed by atoms with Crippen molar-refractivity contribution in [2.45, 2.75) is 27.7 Å². The van der Waals surface area contributed by atoms with Crippen molar-refractivity contribution in [3.63, 3.8) is 0 Å². The Morgan fingerprint density at radius 3 is 2.10 bits per heavy atom. The Kier molecular flexibility index (Phi) is 1.72. The van der Waals surface area contributed by atoms with Gasteiger partial charge in [-0.25, -0.2) is 0 Å². The first-order valence-corrected chi connectivity index (χ1v) is 3.90. The quantitative estimate of drug-likeness (QED) is 0.480. The largest absolute Gasteiger partial charge is 0.0776 e. The first-order chi connectivity index (χ1) is 4.50. The second kappa shape index (κ2) is 2.26. The molecule has 1 aliphatic rings. The van der Waals surface area contributed by atoms with Crippen LogP contribution in [0.25, 0.3) is 0 Å². The lowest BCUT2D eigenvalue weighted by atomic mass is 9.87. The molecule has 0 spiro atoms. The van der Waals surface area contributed by atoms with E-state index in [0.29, 0.717) is 11.3 Å². The lowest BCUT2D eigenvalue weighted by Crippen LogP contribution is -2.06. The summed E-state index contributed by atoms with van der Waals surface area (Å²) in [6, 6.07) is 0. The molecule has 1 atom stereocenters. The SMILES string of the molecule is CC1C=CC(C(C)(C)C)=C1. The molecule has 0 bridgehead atoms. The molecule has 10 heavy (non-hydrogen) atoms. The van der Waals surface area contributed by atoms with Crippen LogP contribution in [0.1, 0.15) is 27.7 Å². The minimum atomic E-state index is 0.335. The highest BCUT2D eigenvalue weighted by atomic mass is 14.2. The molecule has 1 rings (SSSR count). The monoisotopic (exact) mass is 136 g/mol. The number of hydrogen-bond acceptors (Lipinski definition) is 0. The van der Waals surface area contributed by atoms with E-state index in [1.54, 1.807) is 0 Å². The van der Waals surface area contributed by atoms with Gasteiger partial charge in [0.05, 0.1) is 0 Å². The van der Waals surface area contributed by atoms with Gasteiger partial charge in [0.15, 0.2) is 0 Å².